The number of benzene rings is 4. The number of hydrogen-bond donors (Lipinski definition) is 0. The van der Waals surface area contributed by atoms with Crippen LogP contribution in [-0.4, -0.2) is 138 Å². The summed E-state index contributed by atoms with van der Waals surface area (Å²) in [6.45, 7) is 0. The van der Waals surface area contributed by atoms with Gasteiger partial charge >= 0.3 is 23.9 Å². The first-order valence-electron chi connectivity index (χ1n) is 24.0. The first-order chi connectivity index (χ1) is 36.6. The number of carbonyl (C=O) groups excluding carboxylic acids is 4. The number of hydrogen-bond acceptors (Lipinski definition) is 20. The van der Waals surface area contributed by atoms with Gasteiger partial charge in [0.25, 0.3) is 0 Å². The Morgan fingerprint density at radius 2 is 0.513 bits per heavy atom. The molecule has 0 aliphatic rings. The predicted molar refractivity (Wildman–Crippen MR) is 280 cm³/mol. The van der Waals surface area contributed by atoms with Gasteiger partial charge in [-0.1, -0.05) is 0 Å². The average Bonchev–Trinajstić information content (AvgIpc) is 3.46. The molecule has 0 fully saturated rings. The first kappa shape index (κ1) is 62.7. The second kappa shape index (κ2) is 31.9. The summed E-state index contributed by atoms with van der Waals surface area (Å²) in [6.07, 6.45) is 2.50. The molecular formula is C56H76O20. The van der Waals surface area contributed by atoms with Crippen LogP contribution in [0.1, 0.15) is 47.9 Å². The zero-order chi connectivity index (χ0) is 56.5. The molecule has 0 aromatic heterocycles. The Kier molecular flexibility index (Phi) is 26.3. The highest BCUT2D eigenvalue weighted by Gasteiger charge is 2.34. The van der Waals surface area contributed by atoms with E-state index in [1.807, 2.05) is 24.3 Å². The van der Waals surface area contributed by atoms with Crippen molar-refractivity contribution in [3.63, 3.8) is 0 Å². The van der Waals surface area contributed by atoms with Gasteiger partial charge in [0.2, 0.25) is 23.0 Å². The van der Waals surface area contributed by atoms with Gasteiger partial charge in [0.15, 0.2) is 46.0 Å². The van der Waals surface area contributed by atoms with E-state index in [9.17, 15) is 19.2 Å². The fraction of sp³-hybridized carbons (Fsp3) is 0.500. The van der Waals surface area contributed by atoms with Crippen molar-refractivity contribution in [2.45, 2.75) is 51.4 Å². The molecule has 0 unspecified atom stereocenters. The maximum absolute atomic E-state index is 13.1. The summed E-state index contributed by atoms with van der Waals surface area (Å²) < 4.78 is 85.8. The minimum Gasteiger partial charge on any atom is -0.493 e. The van der Waals surface area contributed by atoms with Gasteiger partial charge in [-0.05, 0) is 121 Å². The van der Waals surface area contributed by atoms with Crippen molar-refractivity contribution in [3.05, 3.63) is 70.8 Å². The van der Waals surface area contributed by atoms with Crippen molar-refractivity contribution in [1.29, 1.82) is 0 Å². The van der Waals surface area contributed by atoms with E-state index in [0.717, 1.165) is 22.3 Å². The minimum absolute atomic E-state index is 0.133. The molecule has 0 amide bonds. The third-order valence-electron chi connectivity index (χ3n) is 12.8. The van der Waals surface area contributed by atoms with E-state index in [-0.39, 0.29) is 36.6 Å². The van der Waals surface area contributed by atoms with Crippen molar-refractivity contribution in [1.82, 2.24) is 0 Å². The minimum atomic E-state index is -0.605. The van der Waals surface area contributed by atoms with Gasteiger partial charge < -0.3 is 75.8 Å². The number of rotatable bonds is 30. The maximum Gasteiger partial charge on any atom is 0.309 e. The molecule has 420 valence electrons. The quantitative estimate of drug-likeness (QED) is 0.0360. The fourth-order valence-electron chi connectivity index (χ4n) is 9.02. The van der Waals surface area contributed by atoms with Crippen LogP contribution in [0.15, 0.2) is 48.5 Å². The molecule has 4 aromatic carbocycles. The molecule has 0 radical (unpaired) electrons. The summed E-state index contributed by atoms with van der Waals surface area (Å²) in [5, 5.41) is 0. The molecule has 0 bridgehead atoms. The van der Waals surface area contributed by atoms with Crippen LogP contribution in [0.25, 0.3) is 0 Å². The van der Waals surface area contributed by atoms with Gasteiger partial charge in [-0.3, -0.25) is 19.2 Å². The highest BCUT2D eigenvalue weighted by Crippen LogP contribution is 2.44. The van der Waals surface area contributed by atoms with Gasteiger partial charge in [0.1, 0.15) is 0 Å². The normalized spacial score (nSPS) is 12.1. The lowest BCUT2D eigenvalue weighted by Crippen LogP contribution is -2.29. The fourth-order valence-corrected chi connectivity index (χ4v) is 9.02. The van der Waals surface area contributed by atoms with Gasteiger partial charge in [-0.2, -0.15) is 0 Å². The summed E-state index contributed by atoms with van der Waals surface area (Å²) in [6, 6.07) is 14.5. The molecule has 0 aliphatic heterocycles. The molecule has 0 N–H and O–H groups in total. The monoisotopic (exact) mass is 1070 g/mol. The van der Waals surface area contributed by atoms with Gasteiger partial charge in [-0.15, -0.1) is 0 Å². The molecule has 4 atom stereocenters. The molecule has 0 aliphatic carbocycles. The van der Waals surface area contributed by atoms with E-state index in [4.69, 9.17) is 75.8 Å². The van der Waals surface area contributed by atoms with Crippen molar-refractivity contribution in [2.75, 3.05) is 114 Å². The molecule has 0 spiro atoms. The number of esters is 4. The van der Waals surface area contributed by atoms with Crippen molar-refractivity contribution >= 4 is 23.9 Å². The molecule has 76 heavy (non-hydrogen) atoms. The highest BCUT2D eigenvalue weighted by molar-refractivity contribution is 5.75. The maximum atomic E-state index is 13.1. The van der Waals surface area contributed by atoms with Crippen LogP contribution in [0.2, 0.25) is 0 Å². The van der Waals surface area contributed by atoms with E-state index < -0.39 is 23.8 Å². The zero-order valence-electron chi connectivity index (χ0n) is 46.8. The van der Waals surface area contributed by atoms with Crippen molar-refractivity contribution in [3.8, 4) is 69.0 Å². The van der Waals surface area contributed by atoms with E-state index in [1.165, 1.54) is 114 Å². The Bertz CT molecular complexity index is 2230. The number of carbonyl (C=O) groups is 4. The Labute approximate surface area is 446 Å². The lowest BCUT2D eigenvalue weighted by molar-refractivity contribution is -0.149. The largest absolute Gasteiger partial charge is 0.493 e. The molecule has 20 heteroatoms. The SMILES string of the molecule is COC(=O)CC[C@@H](Cc1cc(OC)c(OC)c(OC)c1)[C@H](Cc1cc(OC)c(OC)c(OC)c1)C(=O)OC.COC(=O)CC[C@H](Cc1cc(OC)c(OC)c(OC)c1)[C@@H](Cc1cc(OC)c(OC)c(OC)c1)C(=O)OC. The van der Waals surface area contributed by atoms with E-state index >= 15 is 0 Å². The van der Waals surface area contributed by atoms with Crippen molar-refractivity contribution < 1.29 is 95.0 Å². The zero-order valence-corrected chi connectivity index (χ0v) is 46.8. The van der Waals surface area contributed by atoms with E-state index in [0.29, 0.717) is 108 Å². The Hall–Kier alpha value is -7.64. The van der Waals surface area contributed by atoms with Crippen LogP contribution in [-0.2, 0) is 63.8 Å². The number of ether oxygens (including phenoxy) is 16. The second-order valence-electron chi connectivity index (χ2n) is 17.0. The molecule has 4 rings (SSSR count). The van der Waals surface area contributed by atoms with Crippen LogP contribution >= 0.6 is 0 Å². The van der Waals surface area contributed by atoms with Gasteiger partial charge in [-0.25, -0.2) is 0 Å². The van der Waals surface area contributed by atoms with E-state index in [1.54, 1.807) is 24.3 Å². The molecule has 0 saturated heterocycles. The van der Waals surface area contributed by atoms with Crippen LogP contribution in [0.3, 0.4) is 0 Å². The Morgan fingerprint density at radius 1 is 0.303 bits per heavy atom. The second-order valence-corrected chi connectivity index (χ2v) is 17.0. The summed E-state index contributed by atoms with van der Waals surface area (Å²) in [5.74, 6) is 2.35. The van der Waals surface area contributed by atoms with Crippen LogP contribution in [0.4, 0.5) is 0 Å². The third kappa shape index (κ3) is 16.7. The first-order valence-corrected chi connectivity index (χ1v) is 24.0. The summed E-state index contributed by atoms with van der Waals surface area (Å²) >= 11 is 0. The Balaban J connectivity index is 0.000000400. The van der Waals surface area contributed by atoms with Crippen molar-refractivity contribution in [2.24, 2.45) is 23.7 Å². The highest BCUT2D eigenvalue weighted by atomic mass is 16.6. The summed E-state index contributed by atoms with van der Waals surface area (Å²) in [7, 11) is 23.8. The summed E-state index contributed by atoms with van der Waals surface area (Å²) in [5.41, 5.74) is 3.24. The number of methoxy groups -OCH3 is 16. The summed E-state index contributed by atoms with van der Waals surface area (Å²) in [4.78, 5) is 50.4. The molecular weight excluding hydrogens is 993 g/mol. The smallest absolute Gasteiger partial charge is 0.309 e. The molecule has 20 nitrogen and oxygen atoms in total. The lowest BCUT2D eigenvalue weighted by Gasteiger charge is -2.26. The van der Waals surface area contributed by atoms with E-state index in [2.05, 4.69) is 0 Å². The van der Waals surface area contributed by atoms with Crippen LogP contribution < -0.4 is 56.8 Å². The van der Waals surface area contributed by atoms with Gasteiger partial charge in [0, 0.05) is 12.8 Å². The van der Waals surface area contributed by atoms with Crippen LogP contribution in [0, 0.1) is 23.7 Å². The van der Waals surface area contributed by atoms with Gasteiger partial charge in [0.05, 0.1) is 126 Å². The molecule has 0 heterocycles. The third-order valence-corrected chi connectivity index (χ3v) is 12.8. The lowest BCUT2D eigenvalue weighted by atomic mass is 9.80. The predicted octanol–water partition coefficient (Wildman–Crippen LogP) is 7.76. The molecule has 4 aromatic rings. The standard InChI is InChI=1S/2C28H38O10/c2*1-31-21-13-17(14-22(32-2)26(21)36-6)11-19(9-10-25(29)35-5)20(28(30)38-8)12-18-15-23(33-3)27(37-7)24(16-18)34-4/h2*13-16,19-20H,9-12H2,1-8H3/t2*19-,20-/m10/s1. The topological polar surface area (TPSA) is 216 Å². The average molecular weight is 1070 g/mol. The van der Waals surface area contributed by atoms with Crippen LogP contribution in [0.5, 0.6) is 69.0 Å². The Morgan fingerprint density at radius 3 is 0.684 bits per heavy atom. The molecule has 0 saturated carbocycles.